The van der Waals surface area contributed by atoms with Crippen LogP contribution in [0.25, 0.3) is 0 Å². The van der Waals surface area contributed by atoms with Gasteiger partial charge < -0.3 is 9.47 Å². The molecule has 0 aromatic carbocycles. The molecule has 2 unspecified atom stereocenters. The Morgan fingerprint density at radius 1 is 1.37 bits per heavy atom. The number of ether oxygens (including phenoxy) is 2. The Bertz CT molecular complexity index is 670. The summed E-state index contributed by atoms with van der Waals surface area (Å²) in [6.45, 7) is 15.1. The Labute approximate surface area is 169 Å². The summed E-state index contributed by atoms with van der Waals surface area (Å²) in [6, 6.07) is 0.598. The van der Waals surface area contributed by atoms with E-state index < -0.39 is 30.6 Å². The number of hydrogen-bond donors (Lipinski definition) is 1. The van der Waals surface area contributed by atoms with Gasteiger partial charge in [0.2, 0.25) is 0 Å². The molecule has 0 N–H and O–H groups in total. The lowest BCUT2D eigenvalue weighted by Crippen LogP contribution is -2.45. The second kappa shape index (κ2) is 7.76. The Balaban J connectivity index is 2.20. The average molecular weight is 412 g/mol. The topological polar surface area (TPSA) is 55.8 Å². The first-order valence-corrected chi connectivity index (χ1v) is 13.6. The lowest BCUT2D eigenvalue weighted by atomic mass is 9.89. The predicted octanol–water partition coefficient (Wildman–Crippen LogP) is 4.43. The Kier molecular flexibility index (Phi) is 6.39. The van der Waals surface area contributed by atoms with Crippen LogP contribution in [0.15, 0.2) is 23.3 Å². The monoisotopic (exact) mass is 411 g/mol. The molecule has 1 heterocycles. The van der Waals surface area contributed by atoms with Crippen LogP contribution in [0.3, 0.4) is 0 Å². The third-order valence-corrected chi connectivity index (χ3v) is 6.53. The van der Waals surface area contributed by atoms with Crippen molar-refractivity contribution >= 4 is 32.7 Å². The molecule has 0 bridgehead atoms. The fraction of sp³-hybridized carbons (Fsp3) is 0.700. The van der Waals surface area contributed by atoms with Crippen molar-refractivity contribution in [2.45, 2.75) is 76.2 Å². The second-order valence-corrected chi connectivity index (χ2v) is 16.5. The molecule has 0 spiro atoms. The van der Waals surface area contributed by atoms with Gasteiger partial charge in [-0.2, -0.15) is 12.6 Å². The smallest absolute Gasteiger partial charge is 0.417 e. The lowest BCUT2D eigenvalue weighted by Gasteiger charge is -2.28. The highest BCUT2D eigenvalue weighted by Crippen LogP contribution is 2.39. The Hall–Kier alpha value is -1.05. The van der Waals surface area contributed by atoms with Gasteiger partial charge in [0.05, 0.1) is 12.6 Å². The maximum atomic E-state index is 13.0. The van der Waals surface area contributed by atoms with E-state index in [1.165, 1.54) is 4.90 Å². The number of carbonyl (C=O) groups is 2. The summed E-state index contributed by atoms with van der Waals surface area (Å²) in [5.41, 5.74) is 0.822. The van der Waals surface area contributed by atoms with E-state index in [9.17, 15) is 9.59 Å². The van der Waals surface area contributed by atoms with Crippen LogP contribution in [0.2, 0.25) is 25.7 Å². The summed E-state index contributed by atoms with van der Waals surface area (Å²) >= 11 is 4.60. The summed E-state index contributed by atoms with van der Waals surface area (Å²) in [4.78, 5) is 27.0. The molecule has 1 aliphatic carbocycles. The van der Waals surface area contributed by atoms with E-state index in [0.717, 1.165) is 11.6 Å². The molecule has 27 heavy (non-hydrogen) atoms. The zero-order valence-corrected chi connectivity index (χ0v) is 19.5. The summed E-state index contributed by atoms with van der Waals surface area (Å²) in [7, 11) is -1.20. The van der Waals surface area contributed by atoms with Gasteiger partial charge in [-0.05, 0) is 45.7 Å². The third kappa shape index (κ3) is 5.96. The third-order valence-electron chi connectivity index (χ3n) is 4.52. The minimum Gasteiger partial charge on any atom is -0.443 e. The molecule has 2 aliphatic rings. The van der Waals surface area contributed by atoms with Gasteiger partial charge in [0.15, 0.2) is 0 Å². The van der Waals surface area contributed by atoms with Crippen LogP contribution in [0, 0.1) is 0 Å². The van der Waals surface area contributed by atoms with E-state index in [2.05, 4.69) is 32.3 Å². The molecule has 0 radical (unpaired) electrons. The number of carbonyl (C=O) groups excluding carboxylic acids is 2. The van der Waals surface area contributed by atoms with Crippen LogP contribution in [-0.4, -0.2) is 54.6 Å². The van der Waals surface area contributed by atoms with Crippen molar-refractivity contribution in [3.8, 4) is 0 Å². The van der Waals surface area contributed by atoms with E-state index in [1.807, 2.05) is 19.1 Å². The highest BCUT2D eigenvalue weighted by atomic mass is 32.1. The summed E-state index contributed by atoms with van der Waals surface area (Å²) in [6.07, 6.45) is 3.78. The minimum absolute atomic E-state index is 0.289. The largest absolute Gasteiger partial charge is 0.443 e. The summed E-state index contributed by atoms with van der Waals surface area (Å²) in [5, 5.41) is 0. The number of thiol groups is 1. The molecule has 0 saturated heterocycles. The van der Waals surface area contributed by atoms with Gasteiger partial charge in [-0.3, -0.25) is 4.79 Å². The van der Waals surface area contributed by atoms with Crippen LogP contribution in [-0.2, 0) is 14.3 Å². The zero-order valence-electron chi connectivity index (χ0n) is 17.6. The first-order chi connectivity index (χ1) is 12.2. The standard InChI is InChI=1S/C20H33NO4SSi/c1-19(2,3)25-18(23)21-16(13-24-10-11-27(5,6)7)14-8-9-20(4,26)12-15(14)17(21)22/h8-9,16,26H,10-13H2,1-7H3. The summed E-state index contributed by atoms with van der Waals surface area (Å²) in [5.74, 6) is -0.289. The molecule has 7 heteroatoms. The maximum Gasteiger partial charge on any atom is 0.417 e. The van der Waals surface area contributed by atoms with Crippen molar-refractivity contribution in [3.05, 3.63) is 23.3 Å². The first-order valence-electron chi connectivity index (χ1n) is 9.49. The normalized spacial score (nSPS) is 25.9. The lowest BCUT2D eigenvalue weighted by molar-refractivity contribution is -0.127. The van der Waals surface area contributed by atoms with E-state index in [1.54, 1.807) is 20.8 Å². The Morgan fingerprint density at radius 2 is 2.00 bits per heavy atom. The summed E-state index contributed by atoms with van der Waals surface area (Å²) < 4.78 is 11.0. The zero-order chi connectivity index (χ0) is 20.6. The molecule has 1 aliphatic heterocycles. The van der Waals surface area contributed by atoms with Gasteiger partial charge >= 0.3 is 6.09 Å². The van der Waals surface area contributed by atoms with Crippen molar-refractivity contribution in [2.24, 2.45) is 0 Å². The van der Waals surface area contributed by atoms with Crippen molar-refractivity contribution in [1.29, 1.82) is 0 Å². The second-order valence-electron chi connectivity index (χ2n) is 9.86. The number of imide groups is 1. The molecule has 152 valence electrons. The average Bonchev–Trinajstić information content (AvgIpc) is 2.72. The van der Waals surface area contributed by atoms with Gasteiger partial charge in [0.25, 0.3) is 5.91 Å². The fourth-order valence-corrected chi connectivity index (χ4v) is 4.07. The Morgan fingerprint density at radius 3 is 2.56 bits per heavy atom. The van der Waals surface area contributed by atoms with E-state index in [0.29, 0.717) is 25.2 Å². The van der Waals surface area contributed by atoms with Crippen LogP contribution in [0.5, 0.6) is 0 Å². The van der Waals surface area contributed by atoms with Gasteiger partial charge in [0.1, 0.15) is 5.60 Å². The van der Waals surface area contributed by atoms with Crippen LogP contribution >= 0.6 is 12.6 Å². The number of hydrogen-bond acceptors (Lipinski definition) is 5. The van der Waals surface area contributed by atoms with Crippen LogP contribution < -0.4 is 0 Å². The fourth-order valence-electron chi connectivity index (χ4n) is 3.08. The van der Waals surface area contributed by atoms with Crippen molar-refractivity contribution in [2.75, 3.05) is 13.2 Å². The van der Waals surface area contributed by atoms with Gasteiger partial charge in [-0.25, -0.2) is 9.69 Å². The maximum absolute atomic E-state index is 13.0. The quantitative estimate of drug-likeness (QED) is 0.413. The van der Waals surface area contributed by atoms with Crippen LogP contribution in [0.4, 0.5) is 4.79 Å². The molecular weight excluding hydrogens is 378 g/mol. The van der Waals surface area contributed by atoms with Gasteiger partial charge in [0, 0.05) is 25.0 Å². The molecule has 2 atom stereocenters. The molecular formula is C20H33NO4SSi. The highest BCUT2D eigenvalue weighted by molar-refractivity contribution is 7.82. The van der Waals surface area contributed by atoms with Crippen molar-refractivity contribution < 1.29 is 19.1 Å². The van der Waals surface area contributed by atoms with E-state index in [4.69, 9.17) is 9.47 Å². The molecule has 0 saturated carbocycles. The highest BCUT2D eigenvalue weighted by Gasteiger charge is 2.46. The van der Waals surface area contributed by atoms with E-state index >= 15 is 0 Å². The van der Waals surface area contributed by atoms with Crippen LogP contribution in [0.1, 0.15) is 34.1 Å². The molecule has 2 amide bonds. The number of amides is 2. The molecule has 5 nitrogen and oxygen atoms in total. The SMILES string of the molecule is CC1(S)C=CC2=C(C1)C(=O)N(C(=O)OC(C)(C)C)C2COCC[Si](C)(C)C. The predicted molar refractivity (Wildman–Crippen MR) is 114 cm³/mol. The van der Waals surface area contributed by atoms with Gasteiger partial charge in [-0.1, -0.05) is 31.8 Å². The van der Waals surface area contributed by atoms with Crippen molar-refractivity contribution in [1.82, 2.24) is 4.90 Å². The minimum atomic E-state index is -1.20. The number of nitrogens with zero attached hydrogens (tertiary/aromatic N) is 1. The number of rotatable bonds is 5. The first kappa shape index (κ1) is 22.2. The molecule has 0 aromatic heterocycles. The van der Waals surface area contributed by atoms with E-state index in [-0.39, 0.29) is 5.91 Å². The molecule has 2 rings (SSSR count). The molecule has 0 fully saturated rings. The molecule has 0 aromatic rings. The van der Waals surface area contributed by atoms with Crippen molar-refractivity contribution in [3.63, 3.8) is 0 Å². The van der Waals surface area contributed by atoms with Gasteiger partial charge in [-0.15, -0.1) is 0 Å².